The van der Waals surface area contributed by atoms with Crippen LogP contribution in [0.15, 0.2) is 53.8 Å². The van der Waals surface area contributed by atoms with Gasteiger partial charge in [-0.3, -0.25) is 9.48 Å². The first-order chi connectivity index (χ1) is 19.8. The number of para-hydroxylation sites is 1. The van der Waals surface area contributed by atoms with E-state index in [0.29, 0.717) is 36.5 Å². The molecule has 0 N–H and O–H groups in total. The molecule has 4 aromatic rings. The van der Waals surface area contributed by atoms with E-state index in [-0.39, 0.29) is 39.9 Å². The number of carbonyl (C=O) groups is 1. The fourth-order valence-corrected chi connectivity index (χ4v) is 5.58. The first-order valence-corrected chi connectivity index (χ1v) is 13.7. The van der Waals surface area contributed by atoms with Crippen LogP contribution in [0.2, 0.25) is 5.02 Å². The van der Waals surface area contributed by atoms with Crippen LogP contribution in [0.25, 0.3) is 28.1 Å². The molecule has 0 unspecified atom stereocenters. The van der Waals surface area contributed by atoms with Crippen LogP contribution in [0.4, 0.5) is 19.0 Å². The molecule has 0 spiro atoms. The summed E-state index contributed by atoms with van der Waals surface area (Å²) < 4.78 is 42.9. The monoisotopic (exact) mass is 599 g/mol. The number of alkyl halides is 3. The number of fused-ring (bicyclic) bond motifs is 1. The molecule has 220 valence electrons. The largest absolute Gasteiger partial charge is 0.435 e. The van der Waals surface area contributed by atoms with Crippen LogP contribution in [-0.4, -0.2) is 60.8 Å². The number of halogens is 4. The summed E-state index contributed by atoms with van der Waals surface area (Å²) in [5.74, 6) is 0.175. The molecule has 13 heteroatoms. The molecule has 9 nitrogen and oxygen atoms in total. The van der Waals surface area contributed by atoms with Crippen molar-refractivity contribution < 1.29 is 18.0 Å². The number of pyridine rings is 1. The van der Waals surface area contributed by atoms with Gasteiger partial charge < -0.3 is 9.80 Å². The zero-order chi connectivity index (χ0) is 30.5. The summed E-state index contributed by atoms with van der Waals surface area (Å²) in [6, 6.07) is 9.57. The maximum Gasteiger partial charge on any atom is 0.435 e. The van der Waals surface area contributed by atoms with Crippen molar-refractivity contribution in [3.63, 3.8) is 0 Å². The van der Waals surface area contributed by atoms with Crippen LogP contribution in [0.5, 0.6) is 0 Å². The number of hydrogen-bond acceptors (Lipinski definition) is 6. The van der Waals surface area contributed by atoms with E-state index in [1.165, 1.54) is 17.7 Å². The van der Waals surface area contributed by atoms with Crippen LogP contribution in [0.3, 0.4) is 0 Å². The molecule has 1 atom stereocenters. The molecule has 3 aromatic heterocycles. The maximum absolute atomic E-state index is 13.8. The summed E-state index contributed by atoms with van der Waals surface area (Å²) in [5, 5.41) is 4.12. The number of anilines is 1. The summed E-state index contributed by atoms with van der Waals surface area (Å²) in [4.78, 5) is 38.9. The molecule has 5 rings (SSSR count). The molecular weight excluding hydrogens is 571 g/mol. The molecule has 4 heterocycles. The molecule has 1 aliphatic heterocycles. The molecule has 1 aliphatic rings. The van der Waals surface area contributed by atoms with Crippen LogP contribution in [0.1, 0.15) is 37.9 Å². The highest BCUT2D eigenvalue weighted by Crippen LogP contribution is 2.37. The second-order valence-electron chi connectivity index (χ2n) is 10.5. The average Bonchev–Trinajstić information content (AvgIpc) is 3.34. The summed E-state index contributed by atoms with van der Waals surface area (Å²) in [6.07, 6.45) is -3.41. The molecule has 0 aliphatic carbocycles. The highest BCUT2D eigenvalue weighted by molar-refractivity contribution is 6.33. The lowest BCUT2D eigenvalue weighted by atomic mass is 10.0. The fraction of sp³-hybridized carbons (Fsp3) is 0.345. The summed E-state index contributed by atoms with van der Waals surface area (Å²) in [5.41, 5.74) is -0.0219. The van der Waals surface area contributed by atoms with Crippen LogP contribution in [-0.2, 0) is 18.0 Å². The van der Waals surface area contributed by atoms with Crippen LogP contribution in [0, 0.1) is 0 Å². The van der Waals surface area contributed by atoms with Crippen molar-refractivity contribution in [3.8, 4) is 17.1 Å². The molecular formula is C29H29ClF3N7O2. The summed E-state index contributed by atoms with van der Waals surface area (Å²) in [6.45, 7) is 10.6. The quantitative estimate of drug-likeness (QED) is 0.293. The van der Waals surface area contributed by atoms with E-state index < -0.39 is 17.6 Å². The number of piperazine rings is 1. The fourth-order valence-electron chi connectivity index (χ4n) is 5.33. The second-order valence-corrected chi connectivity index (χ2v) is 10.9. The first kappa shape index (κ1) is 29.3. The Morgan fingerprint density at radius 3 is 2.50 bits per heavy atom. The predicted octanol–water partition coefficient (Wildman–Crippen LogP) is 5.20. The van der Waals surface area contributed by atoms with Gasteiger partial charge in [0, 0.05) is 32.7 Å². The number of hydrogen-bond donors (Lipinski definition) is 0. The lowest BCUT2D eigenvalue weighted by Gasteiger charge is -2.40. The van der Waals surface area contributed by atoms with Gasteiger partial charge in [0.1, 0.15) is 11.5 Å². The smallest absolute Gasteiger partial charge is 0.350 e. The van der Waals surface area contributed by atoms with E-state index in [0.717, 1.165) is 16.3 Å². The molecule has 0 radical (unpaired) electrons. The van der Waals surface area contributed by atoms with Gasteiger partial charge in [0.2, 0.25) is 5.91 Å². The molecule has 0 bridgehead atoms. The van der Waals surface area contributed by atoms with E-state index in [9.17, 15) is 22.8 Å². The predicted molar refractivity (Wildman–Crippen MR) is 155 cm³/mol. The van der Waals surface area contributed by atoms with Crippen LogP contribution < -0.4 is 10.6 Å². The number of aromatic nitrogens is 5. The molecule has 0 saturated carbocycles. The molecule has 1 saturated heterocycles. The third-order valence-electron chi connectivity index (χ3n) is 7.40. The number of aryl methyl sites for hydroxylation is 1. The van der Waals surface area contributed by atoms with Crippen molar-refractivity contribution in [2.75, 3.05) is 24.5 Å². The normalized spacial score (nSPS) is 16.0. The first-order valence-electron chi connectivity index (χ1n) is 13.3. The van der Waals surface area contributed by atoms with Crippen LogP contribution >= 0.6 is 11.6 Å². The third kappa shape index (κ3) is 5.15. The zero-order valence-corrected chi connectivity index (χ0v) is 24.2. The highest BCUT2D eigenvalue weighted by Gasteiger charge is 2.35. The Morgan fingerprint density at radius 2 is 1.88 bits per heavy atom. The zero-order valence-electron chi connectivity index (χ0n) is 23.5. The second kappa shape index (κ2) is 10.9. The molecule has 1 fully saturated rings. The maximum atomic E-state index is 13.8. The Balaban J connectivity index is 1.78. The molecule has 1 aromatic carbocycles. The summed E-state index contributed by atoms with van der Waals surface area (Å²) in [7, 11) is 1.37. The van der Waals surface area contributed by atoms with Gasteiger partial charge in [0.25, 0.3) is 0 Å². The van der Waals surface area contributed by atoms with E-state index in [4.69, 9.17) is 16.6 Å². The number of carbonyl (C=O) groups excluding carboxylic acids is 1. The van der Waals surface area contributed by atoms with E-state index in [1.54, 1.807) is 23.1 Å². The number of nitrogens with zero attached hydrogens (tertiary/aromatic N) is 7. The highest BCUT2D eigenvalue weighted by atomic mass is 35.5. The Labute approximate surface area is 244 Å². The Morgan fingerprint density at radius 1 is 1.17 bits per heavy atom. The Kier molecular flexibility index (Phi) is 7.61. The minimum atomic E-state index is -4.67. The van der Waals surface area contributed by atoms with Gasteiger partial charge in [-0.25, -0.2) is 14.3 Å². The van der Waals surface area contributed by atoms with Gasteiger partial charge in [-0.2, -0.15) is 23.3 Å². The van der Waals surface area contributed by atoms with Crippen molar-refractivity contribution in [2.24, 2.45) is 7.05 Å². The number of rotatable bonds is 5. The van der Waals surface area contributed by atoms with Gasteiger partial charge in [-0.05, 0) is 42.7 Å². The average molecular weight is 600 g/mol. The summed E-state index contributed by atoms with van der Waals surface area (Å²) >= 11 is 6.70. The van der Waals surface area contributed by atoms with E-state index in [2.05, 4.69) is 16.7 Å². The van der Waals surface area contributed by atoms with Crippen molar-refractivity contribution in [3.05, 3.63) is 75.8 Å². The SMILES string of the molecule is C=CC(=O)N1CCN(c2nc(=O)n(-c3ccccc3C(C)C)c3nc(-c4cc(C(F)(F)F)nn4C)c(Cl)cc23)[C@@H](C)C1. The van der Waals surface area contributed by atoms with Crippen molar-refractivity contribution in [1.29, 1.82) is 0 Å². The van der Waals surface area contributed by atoms with E-state index in [1.807, 2.05) is 37.8 Å². The third-order valence-corrected chi connectivity index (χ3v) is 7.69. The van der Waals surface area contributed by atoms with Crippen molar-refractivity contribution in [2.45, 2.75) is 38.9 Å². The number of amides is 1. The minimum Gasteiger partial charge on any atom is -0.350 e. The minimum absolute atomic E-state index is 0.0358. The molecule has 42 heavy (non-hydrogen) atoms. The van der Waals surface area contributed by atoms with E-state index >= 15 is 0 Å². The van der Waals surface area contributed by atoms with Gasteiger partial charge in [0.05, 0.1) is 21.8 Å². The lowest BCUT2D eigenvalue weighted by molar-refractivity contribution is -0.141. The standard InChI is InChI=1S/C29H29ClF3N7O2/c1-6-24(41)38-11-12-39(17(4)15-38)26-19-13-20(30)25(22-14-23(29(31,32)33)36-37(22)5)34-27(19)40(28(42)35-26)21-10-8-7-9-18(21)16(2)3/h6-10,13-14,16-17H,1,11-12,15H2,2-5H3/t17-/m0/s1. The van der Waals surface area contributed by atoms with Gasteiger partial charge >= 0.3 is 11.9 Å². The topological polar surface area (TPSA) is 89.2 Å². The molecule has 1 amide bonds. The van der Waals surface area contributed by atoms with Gasteiger partial charge in [-0.1, -0.05) is 50.2 Å². The van der Waals surface area contributed by atoms with Gasteiger partial charge in [-0.15, -0.1) is 0 Å². The Hall–Kier alpha value is -4.19. The van der Waals surface area contributed by atoms with Crippen molar-refractivity contribution >= 4 is 34.4 Å². The number of benzene rings is 1. The van der Waals surface area contributed by atoms with Crippen molar-refractivity contribution in [1.82, 2.24) is 29.2 Å². The lowest BCUT2D eigenvalue weighted by Crippen LogP contribution is -2.54. The Bertz CT molecular complexity index is 1760. The van der Waals surface area contributed by atoms with Gasteiger partial charge in [0.15, 0.2) is 11.3 Å².